The minimum atomic E-state index is -1.49. The molecule has 0 spiro atoms. The first-order chi connectivity index (χ1) is 10.9. The molecule has 1 aromatic carbocycles. The first-order valence-corrected chi connectivity index (χ1v) is 8.90. The number of carbonyl (C=O) groups excluding carboxylic acids is 2. The zero-order valence-electron chi connectivity index (χ0n) is 12.9. The lowest BCUT2D eigenvalue weighted by Crippen LogP contribution is -2.07. The number of ketones is 1. The standard InChI is InChI=1S/C15H16N2O4S2/c1-9-15(10(2)21-16-9)23(20)17-13-6-4-12(5-7-13)14(19)8-22-11(3)18/h4-7,17H,8H2,1-3H3. The van der Waals surface area contributed by atoms with E-state index in [0.29, 0.717) is 27.6 Å². The molecule has 1 aromatic heterocycles. The highest BCUT2D eigenvalue weighted by Gasteiger charge is 2.16. The number of nitrogens with zero attached hydrogens (tertiary/aromatic N) is 1. The Kier molecular flexibility index (Phi) is 5.73. The number of thioether (sulfide) groups is 1. The van der Waals surface area contributed by atoms with Crippen molar-refractivity contribution in [1.29, 1.82) is 0 Å². The predicted molar refractivity (Wildman–Crippen MR) is 89.9 cm³/mol. The number of hydrogen-bond acceptors (Lipinski definition) is 6. The Labute approximate surface area is 140 Å². The zero-order chi connectivity index (χ0) is 17.0. The van der Waals surface area contributed by atoms with Crippen LogP contribution in [0.15, 0.2) is 33.7 Å². The van der Waals surface area contributed by atoms with Gasteiger partial charge in [0.05, 0.1) is 11.4 Å². The second-order valence-corrected chi connectivity index (χ2v) is 7.11. The van der Waals surface area contributed by atoms with Gasteiger partial charge in [0.2, 0.25) is 0 Å². The first kappa shape index (κ1) is 17.4. The topological polar surface area (TPSA) is 89.3 Å². The van der Waals surface area contributed by atoms with E-state index in [9.17, 15) is 13.8 Å². The van der Waals surface area contributed by atoms with E-state index in [1.54, 1.807) is 38.1 Å². The predicted octanol–water partition coefficient (Wildman–Crippen LogP) is 2.89. The third-order valence-electron chi connectivity index (χ3n) is 2.98. The van der Waals surface area contributed by atoms with Gasteiger partial charge in [-0.2, -0.15) is 0 Å². The van der Waals surface area contributed by atoms with Crippen molar-refractivity contribution in [2.24, 2.45) is 0 Å². The van der Waals surface area contributed by atoms with Crippen molar-refractivity contribution in [3.05, 3.63) is 41.3 Å². The molecule has 0 bridgehead atoms. The summed E-state index contributed by atoms with van der Waals surface area (Å²) < 4.78 is 20.1. The van der Waals surface area contributed by atoms with Crippen LogP contribution in [-0.2, 0) is 15.8 Å². The smallest absolute Gasteiger partial charge is 0.186 e. The Morgan fingerprint density at radius 1 is 1.26 bits per heavy atom. The van der Waals surface area contributed by atoms with Crippen LogP contribution in [0.25, 0.3) is 0 Å². The SMILES string of the molecule is CC(=O)SCC(=O)c1ccc(NS(=O)c2c(C)noc2C)cc1. The zero-order valence-corrected chi connectivity index (χ0v) is 14.5. The maximum atomic E-state index is 12.3. The van der Waals surface area contributed by atoms with Crippen molar-refractivity contribution >= 4 is 39.3 Å². The van der Waals surface area contributed by atoms with Crippen molar-refractivity contribution in [2.45, 2.75) is 25.7 Å². The second-order valence-electron chi connectivity index (χ2n) is 4.80. The van der Waals surface area contributed by atoms with E-state index in [4.69, 9.17) is 4.52 Å². The number of benzene rings is 1. The monoisotopic (exact) mass is 352 g/mol. The fourth-order valence-electron chi connectivity index (χ4n) is 1.87. The van der Waals surface area contributed by atoms with Gasteiger partial charge in [0.15, 0.2) is 27.6 Å². The largest absolute Gasteiger partial charge is 0.360 e. The summed E-state index contributed by atoms with van der Waals surface area (Å²) in [7, 11) is -1.49. The Morgan fingerprint density at radius 3 is 2.43 bits per heavy atom. The van der Waals surface area contributed by atoms with E-state index in [-0.39, 0.29) is 16.7 Å². The number of hydrogen-bond donors (Lipinski definition) is 1. The highest BCUT2D eigenvalue weighted by Crippen LogP contribution is 2.20. The molecule has 0 saturated heterocycles. The van der Waals surface area contributed by atoms with Gasteiger partial charge in [-0.25, -0.2) is 4.21 Å². The molecular formula is C15H16N2O4S2. The van der Waals surface area contributed by atoms with Crippen molar-refractivity contribution in [2.75, 3.05) is 10.5 Å². The van der Waals surface area contributed by atoms with E-state index in [1.807, 2.05) is 0 Å². The fraction of sp³-hybridized carbons (Fsp3) is 0.267. The number of carbonyl (C=O) groups is 2. The molecule has 2 rings (SSSR count). The quantitative estimate of drug-likeness (QED) is 0.804. The highest BCUT2D eigenvalue weighted by molar-refractivity contribution is 8.14. The van der Waals surface area contributed by atoms with Gasteiger partial charge in [0.1, 0.15) is 4.90 Å². The summed E-state index contributed by atoms with van der Waals surface area (Å²) in [6, 6.07) is 6.61. The highest BCUT2D eigenvalue weighted by atomic mass is 32.2. The normalized spacial score (nSPS) is 12.0. The van der Waals surface area contributed by atoms with E-state index in [2.05, 4.69) is 9.88 Å². The van der Waals surface area contributed by atoms with Crippen LogP contribution in [0, 0.1) is 13.8 Å². The van der Waals surface area contributed by atoms with Crippen LogP contribution < -0.4 is 4.72 Å². The van der Waals surface area contributed by atoms with Crippen LogP contribution in [-0.4, -0.2) is 26.0 Å². The van der Waals surface area contributed by atoms with Gasteiger partial charge in [-0.1, -0.05) is 16.9 Å². The van der Waals surface area contributed by atoms with Gasteiger partial charge in [-0.05, 0) is 38.1 Å². The number of rotatable bonds is 6. The molecule has 0 fully saturated rings. The van der Waals surface area contributed by atoms with Gasteiger partial charge in [0, 0.05) is 18.2 Å². The molecule has 1 heterocycles. The average Bonchev–Trinajstić information content (AvgIpc) is 2.84. The van der Waals surface area contributed by atoms with Gasteiger partial charge >= 0.3 is 0 Å². The molecular weight excluding hydrogens is 336 g/mol. The average molecular weight is 352 g/mol. The third-order valence-corrected chi connectivity index (χ3v) is 5.17. The number of aromatic nitrogens is 1. The molecule has 6 nitrogen and oxygen atoms in total. The lowest BCUT2D eigenvalue weighted by molar-refractivity contribution is -0.109. The Bertz CT molecular complexity index is 734. The molecule has 122 valence electrons. The maximum absolute atomic E-state index is 12.3. The Hall–Kier alpha value is -1.93. The Balaban J connectivity index is 2.04. The van der Waals surface area contributed by atoms with Crippen molar-refractivity contribution in [3.63, 3.8) is 0 Å². The molecule has 2 aromatic rings. The van der Waals surface area contributed by atoms with Gasteiger partial charge in [-0.3, -0.25) is 9.59 Å². The number of aryl methyl sites for hydroxylation is 2. The second kappa shape index (κ2) is 7.56. The van der Waals surface area contributed by atoms with Crippen molar-refractivity contribution in [1.82, 2.24) is 5.16 Å². The lowest BCUT2D eigenvalue weighted by atomic mass is 10.1. The maximum Gasteiger partial charge on any atom is 0.186 e. The fourth-order valence-corrected chi connectivity index (χ4v) is 3.43. The minimum Gasteiger partial charge on any atom is -0.360 e. The molecule has 0 amide bonds. The summed E-state index contributed by atoms with van der Waals surface area (Å²) >= 11 is 0.980. The number of nitrogens with one attached hydrogen (secondary N) is 1. The van der Waals surface area contributed by atoms with Crippen LogP contribution in [0.3, 0.4) is 0 Å². The van der Waals surface area contributed by atoms with Crippen molar-refractivity contribution in [3.8, 4) is 0 Å². The van der Waals surface area contributed by atoms with Crippen LogP contribution in [0.1, 0.15) is 28.7 Å². The summed E-state index contributed by atoms with van der Waals surface area (Å²) in [5, 5.41) is 3.68. The van der Waals surface area contributed by atoms with Crippen LogP contribution in [0.4, 0.5) is 5.69 Å². The molecule has 0 saturated carbocycles. The van der Waals surface area contributed by atoms with E-state index in [1.165, 1.54) is 6.92 Å². The molecule has 0 aliphatic rings. The van der Waals surface area contributed by atoms with E-state index in [0.717, 1.165) is 11.8 Å². The molecule has 1 atom stereocenters. The van der Waals surface area contributed by atoms with Crippen LogP contribution in [0.2, 0.25) is 0 Å². The molecule has 0 aliphatic carbocycles. The lowest BCUT2D eigenvalue weighted by Gasteiger charge is -2.06. The molecule has 0 aliphatic heterocycles. The molecule has 0 radical (unpaired) electrons. The van der Waals surface area contributed by atoms with Gasteiger partial charge < -0.3 is 9.25 Å². The van der Waals surface area contributed by atoms with E-state index >= 15 is 0 Å². The first-order valence-electron chi connectivity index (χ1n) is 6.76. The van der Waals surface area contributed by atoms with Crippen LogP contribution >= 0.6 is 11.8 Å². The molecule has 8 heteroatoms. The van der Waals surface area contributed by atoms with Crippen molar-refractivity contribution < 1.29 is 18.3 Å². The van der Waals surface area contributed by atoms with Gasteiger partial charge in [0.25, 0.3) is 0 Å². The summed E-state index contributed by atoms with van der Waals surface area (Å²) in [5.41, 5.74) is 1.69. The Morgan fingerprint density at radius 2 is 1.91 bits per heavy atom. The minimum absolute atomic E-state index is 0.0912. The molecule has 1 N–H and O–H groups in total. The van der Waals surface area contributed by atoms with E-state index < -0.39 is 11.0 Å². The summed E-state index contributed by atoms with van der Waals surface area (Å²) in [6.07, 6.45) is 0. The third kappa shape index (κ3) is 4.52. The number of Topliss-reactive ketones (excluding diaryl/α,β-unsaturated/α-hetero) is 1. The summed E-state index contributed by atoms with van der Waals surface area (Å²) in [6.45, 7) is 4.85. The molecule has 23 heavy (non-hydrogen) atoms. The number of anilines is 1. The van der Waals surface area contributed by atoms with Crippen LogP contribution in [0.5, 0.6) is 0 Å². The summed E-state index contributed by atoms with van der Waals surface area (Å²) in [5.74, 6) is 0.498. The van der Waals surface area contributed by atoms with Gasteiger partial charge in [-0.15, -0.1) is 0 Å². The summed E-state index contributed by atoms with van der Waals surface area (Å²) in [4.78, 5) is 23.3. The molecule has 1 unspecified atom stereocenters.